The maximum Gasteiger partial charge on any atom is 0.224 e. The smallest absolute Gasteiger partial charge is 0.224 e. The standard InChI is InChI=1S/C15H22ClNO/c1-11(15(2,3)4)8-14(18)17-13-7-5-6-12(9-13)10-16/h5-7,9,11H,8,10H2,1-4H3,(H,17,18). The normalized spacial score (nSPS) is 13.2. The van der Waals surface area contributed by atoms with Gasteiger partial charge in [-0.2, -0.15) is 0 Å². The molecule has 18 heavy (non-hydrogen) atoms. The number of halogens is 1. The molecule has 0 saturated heterocycles. The highest BCUT2D eigenvalue weighted by molar-refractivity contribution is 6.17. The second-order valence-electron chi connectivity index (χ2n) is 5.85. The van der Waals surface area contributed by atoms with Crippen molar-refractivity contribution < 1.29 is 4.79 Å². The SMILES string of the molecule is CC(CC(=O)Nc1cccc(CCl)c1)C(C)(C)C. The van der Waals surface area contributed by atoms with Crippen LogP contribution in [0.3, 0.4) is 0 Å². The summed E-state index contributed by atoms with van der Waals surface area (Å²) in [5.41, 5.74) is 1.98. The third-order valence-corrected chi connectivity index (χ3v) is 3.64. The maximum absolute atomic E-state index is 11.9. The summed E-state index contributed by atoms with van der Waals surface area (Å²) in [5.74, 6) is 0.861. The van der Waals surface area contributed by atoms with Crippen molar-refractivity contribution in [3.63, 3.8) is 0 Å². The topological polar surface area (TPSA) is 29.1 Å². The predicted octanol–water partition coefficient (Wildman–Crippen LogP) is 4.44. The van der Waals surface area contributed by atoms with Crippen LogP contribution in [-0.4, -0.2) is 5.91 Å². The van der Waals surface area contributed by atoms with Crippen LogP contribution in [0.2, 0.25) is 0 Å². The summed E-state index contributed by atoms with van der Waals surface area (Å²) in [6, 6.07) is 7.64. The largest absolute Gasteiger partial charge is 0.326 e. The lowest BCUT2D eigenvalue weighted by atomic mass is 9.80. The van der Waals surface area contributed by atoms with E-state index in [2.05, 4.69) is 33.0 Å². The summed E-state index contributed by atoms with van der Waals surface area (Å²) in [6.45, 7) is 8.56. The average molecular weight is 268 g/mol. The quantitative estimate of drug-likeness (QED) is 0.803. The van der Waals surface area contributed by atoms with Gasteiger partial charge in [0, 0.05) is 18.0 Å². The fourth-order valence-electron chi connectivity index (χ4n) is 1.53. The highest BCUT2D eigenvalue weighted by atomic mass is 35.5. The van der Waals surface area contributed by atoms with Crippen LogP contribution in [0.25, 0.3) is 0 Å². The molecule has 2 nitrogen and oxygen atoms in total. The Morgan fingerprint density at radius 1 is 1.39 bits per heavy atom. The Morgan fingerprint density at radius 2 is 2.06 bits per heavy atom. The summed E-state index contributed by atoms with van der Waals surface area (Å²) in [4.78, 5) is 11.9. The Hall–Kier alpha value is -1.02. The van der Waals surface area contributed by atoms with Crippen molar-refractivity contribution in [3.8, 4) is 0 Å². The predicted molar refractivity (Wildman–Crippen MR) is 77.9 cm³/mol. The molecule has 0 bridgehead atoms. The second kappa shape index (κ2) is 6.24. The molecule has 0 aromatic heterocycles. The molecule has 1 unspecified atom stereocenters. The van der Waals surface area contributed by atoms with Gasteiger partial charge in [0.1, 0.15) is 0 Å². The molecule has 1 atom stereocenters. The van der Waals surface area contributed by atoms with Crippen molar-refractivity contribution in [1.29, 1.82) is 0 Å². The van der Waals surface area contributed by atoms with Gasteiger partial charge in [-0.25, -0.2) is 0 Å². The Bertz CT molecular complexity index is 409. The monoisotopic (exact) mass is 267 g/mol. The van der Waals surface area contributed by atoms with E-state index in [9.17, 15) is 4.79 Å². The van der Waals surface area contributed by atoms with Gasteiger partial charge in [-0.15, -0.1) is 11.6 Å². The van der Waals surface area contributed by atoms with E-state index in [1.807, 2.05) is 24.3 Å². The van der Waals surface area contributed by atoms with Gasteiger partial charge in [0.2, 0.25) is 5.91 Å². The van der Waals surface area contributed by atoms with Gasteiger partial charge in [-0.3, -0.25) is 4.79 Å². The van der Waals surface area contributed by atoms with Gasteiger partial charge >= 0.3 is 0 Å². The minimum absolute atomic E-state index is 0.0594. The molecule has 0 aliphatic carbocycles. The Balaban J connectivity index is 2.59. The zero-order valence-electron chi connectivity index (χ0n) is 11.6. The third-order valence-electron chi connectivity index (χ3n) is 3.34. The fourth-order valence-corrected chi connectivity index (χ4v) is 1.69. The van der Waals surface area contributed by atoms with Gasteiger partial charge in [-0.1, -0.05) is 39.8 Å². The van der Waals surface area contributed by atoms with Crippen molar-refractivity contribution >= 4 is 23.2 Å². The zero-order chi connectivity index (χ0) is 13.8. The lowest BCUT2D eigenvalue weighted by molar-refractivity contribution is -0.117. The van der Waals surface area contributed by atoms with Crippen LogP contribution in [-0.2, 0) is 10.7 Å². The molecule has 0 aliphatic rings. The molecule has 0 heterocycles. The Kier molecular flexibility index (Phi) is 5.21. The summed E-state index contributed by atoms with van der Waals surface area (Å²) in [6.07, 6.45) is 0.536. The molecular weight excluding hydrogens is 246 g/mol. The lowest BCUT2D eigenvalue weighted by Gasteiger charge is -2.26. The molecule has 1 aromatic rings. The number of nitrogens with one attached hydrogen (secondary N) is 1. The minimum atomic E-state index is 0.0594. The van der Waals surface area contributed by atoms with Crippen molar-refractivity contribution in [2.24, 2.45) is 11.3 Å². The first-order chi connectivity index (χ1) is 8.32. The van der Waals surface area contributed by atoms with E-state index >= 15 is 0 Å². The van der Waals surface area contributed by atoms with Crippen LogP contribution in [0, 0.1) is 11.3 Å². The molecule has 100 valence electrons. The van der Waals surface area contributed by atoms with Gasteiger partial charge in [0.05, 0.1) is 0 Å². The summed E-state index contributed by atoms with van der Waals surface area (Å²) in [5, 5.41) is 2.92. The summed E-state index contributed by atoms with van der Waals surface area (Å²) >= 11 is 5.77. The lowest BCUT2D eigenvalue weighted by Crippen LogP contribution is -2.23. The van der Waals surface area contributed by atoms with Gasteiger partial charge < -0.3 is 5.32 Å². The molecule has 0 fully saturated rings. The molecule has 1 aromatic carbocycles. The van der Waals surface area contributed by atoms with Crippen LogP contribution in [0.4, 0.5) is 5.69 Å². The molecular formula is C15H22ClNO. The number of anilines is 1. The first kappa shape index (κ1) is 15.0. The fraction of sp³-hybridized carbons (Fsp3) is 0.533. The van der Waals surface area contributed by atoms with Gasteiger partial charge in [-0.05, 0) is 29.0 Å². The number of carbonyl (C=O) groups is 1. The van der Waals surface area contributed by atoms with E-state index in [1.54, 1.807) is 0 Å². The second-order valence-corrected chi connectivity index (χ2v) is 6.12. The maximum atomic E-state index is 11.9. The van der Waals surface area contributed by atoms with Crippen LogP contribution in [0.15, 0.2) is 24.3 Å². The third kappa shape index (κ3) is 4.69. The molecule has 0 spiro atoms. The number of hydrogen-bond donors (Lipinski definition) is 1. The van der Waals surface area contributed by atoms with Crippen molar-refractivity contribution in [3.05, 3.63) is 29.8 Å². The highest BCUT2D eigenvalue weighted by Crippen LogP contribution is 2.28. The molecule has 0 saturated carbocycles. The van der Waals surface area contributed by atoms with Crippen LogP contribution in [0.1, 0.15) is 39.7 Å². The Labute approximate surface area is 115 Å². The molecule has 3 heteroatoms. The first-order valence-electron chi connectivity index (χ1n) is 6.27. The van der Waals surface area contributed by atoms with E-state index in [0.29, 0.717) is 18.2 Å². The number of amides is 1. The van der Waals surface area contributed by atoms with Crippen molar-refractivity contribution in [2.75, 3.05) is 5.32 Å². The van der Waals surface area contributed by atoms with Crippen molar-refractivity contribution in [1.82, 2.24) is 0 Å². The van der Waals surface area contributed by atoms with E-state index in [1.165, 1.54) is 0 Å². The molecule has 1 amide bonds. The zero-order valence-corrected chi connectivity index (χ0v) is 12.3. The van der Waals surface area contributed by atoms with E-state index in [0.717, 1.165) is 11.3 Å². The Morgan fingerprint density at radius 3 is 2.61 bits per heavy atom. The van der Waals surface area contributed by atoms with Gasteiger partial charge in [0.15, 0.2) is 0 Å². The van der Waals surface area contributed by atoms with Crippen LogP contribution < -0.4 is 5.32 Å². The van der Waals surface area contributed by atoms with E-state index in [4.69, 9.17) is 11.6 Å². The first-order valence-corrected chi connectivity index (χ1v) is 6.81. The molecule has 1 N–H and O–H groups in total. The van der Waals surface area contributed by atoms with Crippen LogP contribution >= 0.6 is 11.6 Å². The van der Waals surface area contributed by atoms with Crippen LogP contribution in [0.5, 0.6) is 0 Å². The number of carbonyl (C=O) groups excluding carboxylic acids is 1. The summed E-state index contributed by atoms with van der Waals surface area (Å²) in [7, 11) is 0. The minimum Gasteiger partial charge on any atom is -0.326 e. The van der Waals surface area contributed by atoms with Crippen molar-refractivity contribution in [2.45, 2.75) is 40.0 Å². The highest BCUT2D eigenvalue weighted by Gasteiger charge is 2.22. The number of benzene rings is 1. The number of alkyl halides is 1. The van der Waals surface area contributed by atoms with Gasteiger partial charge in [0.25, 0.3) is 0 Å². The summed E-state index contributed by atoms with van der Waals surface area (Å²) < 4.78 is 0. The van der Waals surface area contributed by atoms with E-state index in [-0.39, 0.29) is 11.3 Å². The van der Waals surface area contributed by atoms with E-state index < -0.39 is 0 Å². The average Bonchev–Trinajstić information content (AvgIpc) is 2.27. The molecule has 0 aliphatic heterocycles. The number of hydrogen-bond acceptors (Lipinski definition) is 1. The number of rotatable bonds is 4. The molecule has 1 rings (SSSR count). The molecule has 0 radical (unpaired) electrons.